The highest BCUT2D eigenvalue weighted by atomic mass is 32.2. The smallest absolute Gasteiger partial charge is 0.269 e. The lowest BCUT2D eigenvalue weighted by molar-refractivity contribution is -0.384. The van der Waals surface area contributed by atoms with Gasteiger partial charge >= 0.3 is 0 Å². The van der Waals surface area contributed by atoms with Crippen LogP contribution in [0.2, 0.25) is 0 Å². The van der Waals surface area contributed by atoms with Crippen molar-refractivity contribution in [2.75, 3.05) is 13.7 Å². The van der Waals surface area contributed by atoms with Crippen molar-refractivity contribution >= 4 is 27.0 Å². The van der Waals surface area contributed by atoms with E-state index >= 15 is 0 Å². The third-order valence-electron chi connectivity index (χ3n) is 3.18. The second-order valence-corrected chi connectivity index (χ2v) is 7.86. The molecule has 1 N–H and O–H groups in total. The summed E-state index contributed by atoms with van der Waals surface area (Å²) in [5.74, 6) is 0. The van der Waals surface area contributed by atoms with E-state index in [1.807, 2.05) is 19.1 Å². The number of methoxy groups -OCH3 is 1. The molecule has 0 saturated carbocycles. The van der Waals surface area contributed by atoms with E-state index in [9.17, 15) is 18.5 Å². The number of sulfonamides is 1. The Hall–Kier alpha value is -1.81. The third kappa shape index (κ3) is 4.35. The van der Waals surface area contributed by atoms with Crippen LogP contribution in [-0.2, 0) is 14.8 Å². The number of rotatable bonds is 7. The fraction of sp³-hybridized carbons (Fsp3) is 0.286. The summed E-state index contributed by atoms with van der Waals surface area (Å²) in [6, 6.07) is 8.57. The summed E-state index contributed by atoms with van der Waals surface area (Å²) in [5, 5.41) is 10.6. The van der Waals surface area contributed by atoms with Gasteiger partial charge in [0.2, 0.25) is 10.0 Å². The number of aryl methyl sites for hydroxylation is 1. The molecule has 0 aliphatic heterocycles. The van der Waals surface area contributed by atoms with Crippen molar-refractivity contribution in [1.82, 2.24) is 4.72 Å². The van der Waals surface area contributed by atoms with Gasteiger partial charge in [0, 0.05) is 35.5 Å². The Labute approximate surface area is 138 Å². The molecule has 1 aromatic heterocycles. The Kier molecular flexibility index (Phi) is 5.47. The van der Waals surface area contributed by atoms with Crippen LogP contribution in [0.25, 0.3) is 0 Å². The molecule has 1 unspecified atom stereocenters. The van der Waals surface area contributed by atoms with Crippen LogP contribution in [0, 0.1) is 17.0 Å². The van der Waals surface area contributed by atoms with Crippen LogP contribution in [0.4, 0.5) is 5.69 Å². The van der Waals surface area contributed by atoms with Gasteiger partial charge in [-0.15, -0.1) is 11.3 Å². The number of nitrogens with one attached hydrogen (secondary N) is 1. The van der Waals surface area contributed by atoms with Gasteiger partial charge in [-0.1, -0.05) is 0 Å². The van der Waals surface area contributed by atoms with E-state index in [1.54, 1.807) is 0 Å². The molecule has 1 heterocycles. The molecule has 0 aliphatic carbocycles. The molecule has 7 nitrogen and oxygen atoms in total. The van der Waals surface area contributed by atoms with Crippen molar-refractivity contribution in [2.24, 2.45) is 0 Å². The van der Waals surface area contributed by atoms with Gasteiger partial charge in [-0.3, -0.25) is 10.1 Å². The van der Waals surface area contributed by atoms with Crippen LogP contribution >= 0.6 is 11.3 Å². The second kappa shape index (κ2) is 7.18. The minimum atomic E-state index is -3.76. The summed E-state index contributed by atoms with van der Waals surface area (Å²) in [6.07, 6.45) is -0.387. The average Bonchev–Trinajstić information content (AvgIpc) is 2.94. The zero-order chi connectivity index (χ0) is 17.0. The predicted octanol–water partition coefficient (Wildman–Crippen LogP) is 2.63. The Bertz CT molecular complexity index is 784. The Morgan fingerprint density at radius 2 is 1.91 bits per heavy atom. The summed E-state index contributed by atoms with van der Waals surface area (Å²) in [6.45, 7) is 2.04. The Balaban J connectivity index is 2.09. The quantitative estimate of drug-likeness (QED) is 0.607. The lowest BCUT2D eigenvalue weighted by Gasteiger charge is -2.14. The summed E-state index contributed by atoms with van der Waals surface area (Å²) in [4.78, 5) is 12.0. The molecule has 0 saturated heterocycles. The monoisotopic (exact) mass is 356 g/mol. The van der Waals surface area contributed by atoms with Crippen LogP contribution in [-0.4, -0.2) is 27.0 Å². The van der Waals surface area contributed by atoms with Gasteiger partial charge in [0.1, 0.15) is 6.10 Å². The van der Waals surface area contributed by atoms with Crippen LogP contribution in [0.3, 0.4) is 0 Å². The molecule has 124 valence electrons. The summed E-state index contributed by atoms with van der Waals surface area (Å²) < 4.78 is 32.3. The standard InChI is InChI=1S/C14H16N2O5S2/c1-10-3-8-14(22-10)13(21-2)9-15-23(19,20)12-6-4-11(5-7-12)16(17)18/h3-8,13,15H,9H2,1-2H3. The van der Waals surface area contributed by atoms with Crippen LogP contribution < -0.4 is 4.72 Å². The second-order valence-electron chi connectivity index (χ2n) is 4.78. The van der Waals surface area contributed by atoms with E-state index < -0.39 is 14.9 Å². The topological polar surface area (TPSA) is 98.5 Å². The molecule has 0 bridgehead atoms. The zero-order valence-corrected chi connectivity index (χ0v) is 14.2. The number of thiophene rings is 1. The molecular formula is C14H16N2O5S2. The number of hydrogen-bond donors (Lipinski definition) is 1. The third-order valence-corrected chi connectivity index (χ3v) is 5.71. The maximum absolute atomic E-state index is 12.2. The van der Waals surface area contributed by atoms with Gasteiger partial charge in [0.15, 0.2) is 0 Å². The van der Waals surface area contributed by atoms with Gasteiger partial charge in [0.25, 0.3) is 5.69 Å². The highest BCUT2D eigenvalue weighted by Gasteiger charge is 2.19. The molecule has 1 atom stereocenters. The molecule has 1 aromatic carbocycles. The number of nitrogens with zero attached hydrogens (tertiary/aromatic N) is 1. The number of non-ortho nitro benzene ring substituents is 1. The first-order valence-electron chi connectivity index (χ1n) is 6.67. The summed E-state index contributed by atoms with van der Waals surface area (Å²) >= 11 is 1.54. The fourth-order valence-corrected chi connectivity index (χ4v) is 3.93. The molecule has 0 amide bonds. The van der Waals surface area contributed by atoms with E-state index in [0.29, 0.717) is 0 Å². The van der Waals surface area contributed by atoms with Crippen LogP contribution in [0.15, 0.2) is 41.3 Å². The van der Waals surface area contributed by atoms with Gasteiger partial charge in [-0.05, 0) is 31.2 Å². The summed E-state index contributed by atoms with van der Waals surface area (Å²) in [7, 11) is -2.24. The first-order chi connectivity index (χ1) is 10.8. The molecule has 0 aliphatic rings. The van der Waals surface area contributed by atoms with Crippen molar-refractivity contribution in [1.29, 1.82) is 0 Å². The van der Waals surface area contributed by atoms with E-state index in [2.05, 4.69) is 4.72 Å². The van der Waals surface area contributed by atoms with Crippen molar-refractivity contribution in [3.8, 4) is 0 Å². The molecule has 0 radical (unpaired) electrons. The number of nitro groups is 1. The lowest BCUT2D eigenvalue weighted by atomic mass is 10.3. The predicted molar refractivity (Wildman–Crippen MR) is 87.1 cm³/mol. The molecule has 0 spiro atoms. The largest absolute Gasteiger partial charge is 0.375 e. The molecule has 9 heteroatoms. The van der Waals surface area contributed by atoms with E-state index in [0.717, 1.165) is 21.9 Å². The Morgan fingerprint density at radius 3 is 2.39 bits per heavy atom. The van der Waals surface area contributed by atoms with Crippen LogP contribution in [0.1, 0.15) is 15.9 Å². The molecule has 23 heavy (non-hydrogen) atoms. The van der Waals surface area contributed by atoms with E-state index in [1.165, 1.54) is 30.6 Å². The highest BCUT2D eigenvalue weighted by molar-refractivity contribution is 7.89. The van der Waals surface area contributed by atoms with Crippen molar-refractivity contribution in [2.45, 2.75) is 17.9 Å². The van der Waals surface area contributed by atoms with Gasteiger partial charge in [-0.25, -0.2) is 13.1 Å². The van der Waals surface area contributed by atoms with Crippen LogP contribution in [0.5, 0.6) is 0 Å². The minimum absolute atomic E-state index is 0.0275. The van der Waals surface area contributed by atoms with Crippen molar-refractivity contribution in [3.05, 3.63) is 56.3 Å². The van der Waals surface area contributed by atoms with Crippen molar-refractivity contribution < 1.29 is 18.1 Å². The summed E-state index contributed by atoms with van der Waals surface area (Å²) in [5.41, 5.74) is -0.159. The lowest BCUT2D eigenvalue weighted by Crippen LogP contribution is -2.29. The average molecular weight is 356 g/mol. The molecule has 0 fully saturated rings. The SMILES string of the molecule is COC(CNS(=O)(=O)c1ccc([N+](=O)[O-])cc1)c1ccc(C)s1. The van der Waals surface area contributed by atoms with E-state index in [4.69, 9.17) is 4.74 Å². The molecular weight excluding hydrogens is 340 g/mol. The first-order valence-corrected chi connectivity index (χ1v) is 8.96. The van der Waals surface area contributed by atoms with Crippen molar-refractivity contribution in [3.63, 3.8) is 0 Å². The van der Waals surface area contributed by atoms with Gasteiger partial charge in [0.05, 0.1) is 9.82 Å². The number of hydrogen-bond acceptors (Lipinski definition) is 6. The number of benzene rings is 1. The minimum Gasteiger partial charge on any atom is -0.375 e. The maximum atomic E-state index is 12.2. The number of ether oxygens (including phenoxy) is 1. The van der Waals surface area contributed by atoms with Gasteiger partial charge < -0.3 is 4.74 Å². The maximum Gasteiger partial charge on any atom is 0.269 e. The highest BCUT2D eigenvalue weighted by Crippen LogP contribution is 2.25. The Morgan fingerprint density at radius 1 is 1.26 bits per heavy atom. The number of nitro benzene ring substituents is 1. The zero-order valence-electron chi connectivity index (χ0n) is 12.6. The van der Waals surface area contributed by atoms with E-state index in [-0.39, 0.29) is 23.2 Å². The molecule has 2 aromatic rings. The first kappa shape index (κ1) is 17.5. The van der Waals surface area contributed by atoms with Gasteiger partial charge in [-0.2, -0.15) is 0 Å². The fourth-order valence-electron chi connectivity index (χ4n) is 1.94. The normalized spacial score (nSPS) is 13.0. The molecule has 2 rings (SSSR count).